The fourth-order valence-electron chi connectivity index (χ4n) is 2.01. The Morgan fingerprint density at radius 2 is 1.74 bits per heavy atom. The van der Waals surface area contributed by atoms with Gasteiger partial charge in [-0.15, -0.1) is 0 Å². The van der Waals surface area contributed by atoms with E-state index in [0.717, 1.165) is 28.9 Å². The normalized spacial score (nSPS) is 10.6. The first kappa shape index (κ1) is 17.5. The molecule has 0 saturated heterocycles. The highest BCUT2D eigenvalue weighted by molar-refractivity contribution is 9.10. The summed E-state index contributed by atoms with van der Waals surface area (Å²) < 4.78 is 6.62. The molecule has 2 aromatic rings. The number of benzene rings is 2. The van der Waals surface area contributed by atoms with Gasteiger partial charge in [-0.05, 0) is 69.0 Å². The van der Waals surface area contributed by atoms with E-state index in [1.54, 1.807) is 12.1 Å². The SMILES string of the molecule is CN(C)CCCOc1ccc(NC(=O)c2ccc(Br)cc2)cc1. The molecule has 0 unspecified atom stereocenters. The van der Waals surface area contributed by atoms with Crippen LogP contribution in [0.1, 0.15) is 16.8 Å². The van der Waals surface area contributed by atoms with Crippen LogP contribution in [-0.2, 0) is 0 Å². The smallest absolute Gasteiger partial charge is 0.255 e. The Kier molecular flexibility index (Phi) is 6.62. The molecule has 2 aromatic carbocycles. The van der Waals surface area contributed by atoms with Crippen molar-refractivity contribution in [1.82, 2.24) is 4.90 Å². The second-order valence-electron chi connectivity index (χ2n) is 5.49. The molecule has 122 valence electrons. The summed E-state index contributed by atoms with van der Waals surface area (Å²) in [5.41, 5.74) is 1.37. The Bertz CT molecular complexity index is 624. The molecule has 0 radical (unpaired) electrons. The summed E-state index contributed by atoms with van der Waals surface area (Å²) in [7, 11) is 4.09. The number of hydrogen-bond donors (Lipinski definition) is 1. The van der Waals surface area contributed by atoms with E-state index in [1.807, 2.05) is 50.5 Å². The lowest BCUT2D eigenvalue weighted by Crippen LogP contribution is -2.15. The Morgan fingerprint density at radius 3 is 2.35 bits per heavy atom. The van der Waals surface area contributed by atoms with Gasteiger partial charge in [-0.3, -0.25) is 4.79 Å². The minimum atomic E-state index is -0.128. The highest BCUT2D eigenvalue weighted by Gasteiger charge is 2.05. The maximum absolute atomic E-state index is 12.1. The average molecular weight is 377 g/mol. The van der Waals surface area contributed by atoms with Crippen molar-refractivity contribution in [3.05, 3.63) is 58.6 Å². The molecular weight excluding hydrogens is 356 g/mol. The standard InChI is InChI=1S/C18H21BrN2O2/c1-21(2)12-3-13-23-17-10-8-16(9-11-17)20-18(22)14-4-6-15(19)7-5-14/h4-11H,3,12-13H2,1-2H3,(H,20,22). The first-order valence-corrected chi connectivity index (χ1v) is 8.28. The molecule has 0 bridgehead atoms. The van der Waals surface area contributed by atoms with Gasteiger partial charge >= 0.3 is 0 Å². The van der Waals surface area contributed by atoms with E-state index < -0.39 is 0 Å². The van der Waals surface area contributed by atoms with Crippen LogP contribution in [0.3, 0.4) is 0 Å². The molecule has 4 nitrogen and oxygen atoms in total. The zero-order chi connectivity index (χ0) is 16.7. The van der Waals surface area contributed by atoms with Crippen LogP contribution in [-0.4, -0.2) is 38.1 Å². The number of nitrogens with zero attached hydrogens (tertiary/aromatic N) is 1. The second-order valence-corrected chi connectivity index (χ2v) is 6.41. The van der Waals surface area contributed by atoms with Crippen LogP contribution in [0, 0.1) is 0 Å². The van der Waals surface area contributed by atoms with Gasteiger partial charge in [0.05, 0.1) is 6.61 Å². The molecule has 1 N–H and O–H groups in total. The van der Waals surface area contributed by atoms with Crippen LogP contribution in [0.2, 0.25) is 0 Å². The average Bonchev–Trinajstić information content (AvgIpc) is 2.53. The molecule has 2 rings (SSSR count). The molecule has 0 aromatic heterocycles. The van der Waals surface area contributed by atoms with Crippen LogP contribution in [0.5, 0.6) is 5.75 Å². The summed E-state index contributed by atoms with van der Waals surface area (Å²) in [5.74, 6) is 0.683. The van der Waals surface area contributed by atoms with Crippen LogP contribution in [0.4, 0.5) is 5.69 Å². The molecule has 0 aliphatic heterocycles. The molecule has 0 spiro atoms. The van der Waals surface area contributed by atoms with Gasteiger partial charge in [-0.25, -0.2) is 0 Å². The Hall–Kier alpha value is -1.85. The van der Waals surface area contributed by atoms with E-state index >= 15 is 0 Å². The van der Waals surface area contributed by atoms with E-state index in [9.17, 15) is 4.79 Å². The number of amides is 1. The summed E-state index contributed by atoms with van der Waals surface area (Å²) >= 11 is 3.35. The minimum absolute atomic E-state index is 0.128. The molecule has 0 fully saturated rings. The lowest BCUT2D eigenvalue weighted by Gasteiger charge is -2.11. The zero-order valence-electron chi connectivity index (χ0n) is 13.4. The maximum Gasteiger partial charge on any atom is 0.255 e. The van der Waals surface area contributed by atoms with Crippen molar-refractivity contribution in [2.75, 3.05) is 32.6 Å². The molecule has 1 amide bonds. The molecule has 0 atom stereocenters. The summed E-state index contributed by atoms with van der Waals surface area (Å²) in [6.07, 6.45) is 0.981. The summed E-state index contributed by atoms with van der Waals surface area (Å²) in [6, 6.07) is 14.7. The highest BCUT2D eigenvalue weighted by Crippen LogP contribution is 2.17. The molecular formula is C18H21BrN2O2. The predicted molar refractivity (Wildman–Crippen MR) is 97.2 cm³/mol. The lowest BCUT2D eigenvalue weighted by atomic mass is 10.2. The topological polar surface area (TPSA) is 41.6 Å². The molecule has 0 heterocycles. The van der Waals surface area contributed by atoms with Crippen molar-refractivity contribution in [3.8, 4) is 5.75 Å². The molecule has 23 heavy (non-hydrogen) atoms. The van der Waals surface area contributed by atoms with Crippen LogP contribution >= 0.6 is 15.9 Å². The maximum atomic E-state index is 12.1. The Morgan fingerprint density at radius 1 is 1.09 bits per heavy atom. The Labute approximate surface area is 145 Å². The van der Waals surface area contributed by atoms with Gasteiger partial charge in [-0.1, -0.05) is 15.9 Å². The predicted octanol–water partition coefficient (Wildman–Crippen LogP) is 4.03. The molecule has 0 aliphatic carbocycles. The fourth-order valence-corrected chi connectivity index (χ4v) is 2.27. The number of anilines is 1. The van der Waals surface area contributed by atoms with Gasteiger partial charge in [0.2, 0.25) is 0 Å². The number of carbonyl (C=O) groups excluding carboxylic acids is 1. The van der Waals surface area contributed by atoms with Crippen LogP contribution in [0.15, 0.2) is 53.0 Å². The third-order valence-electron chi connectivity index (χ3n) is 3.24. The van der Waals surface area contributed by atoms with Crippen molar-refractivity contribution in [1.29, 1.82) is 0 Å². The van der Waals surface area contributed by atoms with E-state index in [1.165, 1.54) is 0 Å². The highest BCUT2D eigenvalue weighted by atomic mass is 79.9. The fraction of sp³-hybridized carbons (Fsp3) is 0.278. The van der Waals surface area contributed by atoms with Gasteiger partial charge < -0.3 is 15.0 Å². The van der Waals surface area contributed by atoms with E-state index in [2.05, 4.69) is 26.1 Å². The van der Waals surface area contributed by atoms with Crippen molar-refractivity contribution >= 4 is 27.5 Å². The number of halogens is 1. The molecule has 0 aliphatic rings. The van der Waals surface area contributed by atoms with E-state index in [0.29, 0.717) is 12.2 Å². The van der Waals surface area contributed by atoms with Gasteiger partial charge in [-0.2, -0.15) is 0 Å². The number of rotatable bonds is 7. The lowest BCUT2D eigenvalue weighted by molar-refractivity contribution is 0.102. The van der Waals surface area contributed by atoms with Gasteiger partial charge in [0.15, 0.2) is 0 Å². The van der Waals surface area contributed by atoms with Crippen molar-refractivity contribution in [2.45, 2.75) is 6.42 Å². The quantitative estimate of drug-likeness (QED) is 0.741. The molecule has 0 saturated carbocycles. The van der Waals surface area contributed by atoms with Gasteiger partial charge in [0.1, 0.15) is 5.75 Å². The Balaban J connectivity index is 1.84. The van der Waals surface area contributed by atoms with E-state index in [-0.39, 0.29) is 5.91 Å². The number of nitrogens with one attached hydrogen (secondary N) is 1. The van der Waals surface area contributed by atoms with Crippen molar-refractivity contribution in [3.63, 3.8) is 0 Å². The number of carbonyl (C=O) groups is 1. The first-order valence-electron chi connectivity index (χ1n) is 7.49. The first-order chi connectivity index (χ1) is 11.0. The largest absolute Gasteiger partial charge is 0.494 e. The van der Waals surface area contributed by atoms with Crippen LogP contribution < -0.4 is 10.1 Å². The minimum Gasteiger partial charge on any atom is -0.494 e. The number of hydrogen-bond acceptors (Lipinski definition) is 3. The third kappa shape index (κ3) is 6.04. The van der Waals surface area contributed by atoms with Crippen molar-refractivity contribution in [2.24, 2.45) is 0 Å². The van der Waals surface area contributed by atoms with Crippen molar-refractivity contribution < 1.29 is 9.53 Å². The number of ether oxygens (including phenoxy) is 1. The summed E-state index contributed by atoms with van der Waals surface area (Å²) in [4.78, 5) is 14.3. The summed E-state index contributed by atoms with van der Waals surface area (Å²) in [5, 5.41) is 2.87. The summed E-state index contributed by atoms with van der Waals surface area (Å²) in [6.45, 7) is 1.68. The van der Waals surface area contributed by atoms with Gasteiger partial charge in [0, 0.05) is 22.3 Å². The van der Waals surface area contributed by atoms with Gasteiger partial charge in [0.25, 0.3) is 5.91 Å². The molecule has 5 heteroatoms. The van der Waals surface area contributed by atoms with E-state index in [4.69, 9.17) is 4.74 Å². The monoisotopic (exact) mass is 376 g/mol. The van der Waals surface area contributed by atoms with Crippen LogP contribution in [0.25, 0.3) is 0 Å². The third-order valence-corrected chi connectivity index (χ3v) is 3.77. The second kappa shape index (κ2) is 8.70. The zero-order valence-corrected chi connectivity index (χ0v) is 15.0.